The molecule has 2 N–H and O–H groups in total. The number of hydrogen-bond donors (Lipinski definition) is 2. The van der Waals surface area contributed by atoms with Crippen molar-refractivity contribution in [2.75, 3.05) is 0 Å². The molecule has 0 amide bonds. The van der Waals surface area contributed by atoms with E-state index in [1.54, 1.807) is 4.68 Å². The zero-order valence-electron chi connectivity index (χ0n) is 7.69. The lowest BCUT2D eigenvalue weighted by Gasteiger charge is -2.25. The van der Waals surface area contributed by atoms with Gasteiger partial charge < -0.3 is 10.2 Å². The van der Waals surface area contributed by atoms with Gasteiger partial charge in [-0.3, -0.25) is 9.59 Å². The lowest BCUT2D eigenvalue weighted by atomic mass is 9.93. The molecule has 1 aliphatic carbocycles. The number of nitrogens with zero attached hydrogens (tertiary/aromatic N) is 1. The molecule has 0 spiro atoms. The molecule has 1 aromatic rings. The van der Waals surface area contributed by atoms with Crippen LogP contribution in [0, 0.1) is 0 Å². The van der Waals surface area contributed by atoms with Gasteiger partial charge in [-0.25, -0.2) is 4.68 Å². The molecule has 1 fully saturated rings. The van der Waals surface area contributed by atoms with Gasteiger partial charge in [0.1, 0.15) is 0 Å². The summed E-state index contributed by atoms with van der Waals surface area (Å²) in [4.78, 5) is 22.0. The Kier molecular flexibility index (Phi) is 2.15. The quantitative estimate of drug-likeness (QED) is 0.740. The van der Waals surface area contributed by atoms with Crippen LogP contribution in [-0.2, 0) is 11.2 Å². The number of carbonyl (C=O) groups is 1. The third-order valence-corrected chi connectivity index (χ3v) is 2.65. The van der Waals surface area contributed by atoms with Crippen molar-refractivity contribution in [2.24, 2.45) is 0 Å². The molecule has 0 saturated heterocycles. The molecule has 1 saturated carbocycles. The summed E-state index contributed by atoms with van der Waals surface area (Å²) in [5.74, 6) is -0.971. The molecule has 5 heteroatoms. The number of hydrogen-bond acceptors (Lipinski definition) is 2. The number of carboxylic acids is 1. The number of aromatic nitrogens is 2. The first-order valence-corrected chi connectivity index (χ1v) is 4.69. The van der Waals surface area contributed by atoms with E-state index in [0.29, 0.717) is 5.56 Å². The molecule has 0 bridgehead atoms. The first kappa shape index (κ1) is 9.05. The van der Waals surface area contributed by atoms with E-state index in [-0.39, 0.29) is 18.0 Å². The number of H-pyrrole nitrogens is 1. The molecule has 14 heavy (non-hydrogen) atoms. The molecule has 0 aromatic carbocycles. The van der Waals surface area contributed by atoms with Gasteiger partial charge in [0.05, 0.1) is 12.5 Å². The van der Waals surface area contributed by atoms with E-state index < -0.39 is 5.97 Å². The molecular weight excluding hydrogens is 184 g/mol. The minimum Gasteiger partial charge on any atom is -0.481 e. The summed E-state index contributed by atoms with van der Waals surface area (Å²) in [5.41, 5.74) is 0.154. The summed E-state index contributed by atoms with van der Waals surface area (Å²) in [6.07, 6.45) is 4.45. The van der Waals surface area contributed by atoms with Gasteiger partial charge >= 0.3 is 5.97 Å². The largest absolute Gasteiger partial charge is 0.481 e. The maximum atomic E-state index is 11.6. The van der Waals surface area contributed by atoms with E-state index in [4.69, 9.17) is 5.11 Å². The van der Waals surface area contributed by atoms with Crippen molar-refractivity contribution in [1.29, 1.82) is 0 Å². The molecule has 0 radical (unpaired) electrons. The number of aromatic amines is 1. The van der Waals surface area contributed by atoms with Crippen LogP contribution in [0.25, 0.3) is 0 Å². The lowest BCUT2D eigenvalue weighted by molar-refractivity contribution is -0.136. The van der Waals surface area contributed by atoms with Crippen LogP contribution in [0.5, 0.6) is 0 Å². The van der Waals surface area contributed by atoms with Crippen molar-refractivity contribution in [2.45, 2.75) is 31.7 Å². The Morgan fingerprint density at radius 2 is 2.36 bits per heavy atom. The maximum Gasteiger partial charge on any atom is 0.308 e. The van der Waals surface area contributed by atoms with Crippen molar-refractivity contribution in [3.05, 3.63) is 22.1 Å². The SMILES string of the molecule is O=C(O)Cc1c[nH]n(C2CCC2)c1=O. The second kappa shape index (κ2) is 3.32. The molecule has 0 atom stereocenters. The van der Waals surface area contributed by atoms with Gasteiger partial charge in [0.15, 0.2) is 0 Å². The molecular formula is C9H12N2O3. The van der Waals surface area contributed by atoms with Gasteiger partial charge in [-0.05, 0) is 19.3 Å². The van der Waals surface area contributed by atoms with Crippen LogP contribution >= 0.6 is 0 Å². The van der Waals surface area contributed by atoms with Crippen LogP contribution in [0.1, 0.15) is 30.9 Å². The fourth-order valence-corrected chi connectivity index (χ4v) is 1.63. The predicted octanol–water partition coefficient (Wildman–Crippen LogP) is 0.528. The summed E-state index contributed by atoms with van der Waals surface area (Å²) in [5, 5.41) is 11.4. The van der Waals surface area contributed by atoms with Gasteiger partial charge in [0, 0.05) is 11.8 Å². The molecule has 0 unspecified atom stereocenters. The zero-order chi connectivity index (χ0) is 10.1. The van der Waals surface area contributed by atoms with Crippen LogP contribution in [-0.4, -0.2) is 20.9 Å². The van der Waals surface area contributed by atoms with Crippen LogP contribution in [0.15, 0.2) is 11.0 Å². The number of aliphatic carboxylic acids is 1. The zero-order valence-corrected chi connectivity index (χ0v) is 7.69. The van der Waals surface area contributed by atoms with E-state index in [9.17, 15) is 9.59 Å². The average molecular weight is 196 g/mol. The minimum absolute atomic E-state index is 0.183. The first-order chi connectivity index (χ1) is 6.68. The van der Waals surface area contributed by atoms with Crippen LogP contribution in [0.3, 0.4) is 0 Å². The Balaban J connectivity index is 2.23. The number of rotatable bonds is 3. The smallest absolute Gasteiger partial charge is 0.308 e. The van der Waals surface area contributed by atoms with Gasteiger partial charge in [0.2, 0.25) is 0 Å². The lowest BCUT2D eigenvalue weighted by Crippen LogP contribution is -2.28. The summed E-state index contributed by atoms with van der Waals surface area (Å²) in [6, 6.07) is 0.255. The highest BCUT2D eigenvalue weighted by atomic mass is 16.4. The Morgan fingerprint density at radius 1 is 1.64 bits per heavy atom. The van der Waals surface area contributed by atoms with E-state index in [2.05, 4.69) is 5.10 Å². The molecule has 0 aliphatic heterocycles. The third-order valence-electron chi connectivity index (χ3n) is 2.65. The Hall–Kier alpha value is -1.52. The van der Waals surface area contributed by atoms with Crippen molar-refractivity contribution in [3.63, 3.8) is 0 Å². The molecule has 1 heterocycles. The molecule has 5 nitrogen and oxygen atoms in total. The topological polar surface area (TPSA) is 75.1 Å². The molecule has 76 valence electrons. The van der Waals surface area contributed by atoms with Crippen LogP contribution in [0.2, 0.25) is 0 Å². The summed E-state index contributed by atoms with van der Waals surface area (Å²) in [6.45, 7) is 0. The summed E-state index contributed by atoms with van der Waals surface area (Å²) < 4.78 is 1.54. The predicted molar refractivity (Wildman–Crippen MR) is 49.3 cm³/mol. The maximum absolute atomic E-state index is 11.6. The summed E-state index contributed by atoms with van der Waals surface area (Å²) in [7, 11) is 0. The Bertz CT molecular complexity index is 400. The normalized spacial score (nSPS) is 16.6. The Labute approximate surface area is 80.3 Å². The van der Waals surface area contributed by atoms with Gasteiger partial charge in [-0.1, -0.05) is 0 Å². The van der Waals surface area contributed by atoms with Crippen molar-refractivity contribution in [1.82, 2.24) is 9.78 Å². The van der Waals surface area contributed by atoms with Gasteiger partial charge in [0.25, 0.3) is 5.56 Å². The van der Waals surface area contributed by atoms with E-state index in [1.165, 1.54) is 6.20 Å². The highest BCUT2D eigenvalue weighted by molar-refractivity contribution is 5.69. The highest BCUT2D eigenvalue weighted by Crippen LogP contribution is 2.29. The first-order valence-electron chi connectivity index (χ1n) is 4.69. The fourth-order valence-electron chi connectivity index (χ4n) is 1.63. The summed E-state index contributed by atoms with van der Waals surface area (Å²) >= 11 is 0. The second-order valence-corrected chi connectivity index (χ2v) is 3.63. The van der Waals surface area contributed by atoms with Crippen LogP contribution < -0.4 is 5.56 Å². The van der Waals surface area contributed by atoms with Crippen LogP contribution in [0.4, 0.5) is 0 Å². The molecule has 1 aromatic heterocycles. The van der Waals surface area contributed by atoms with E-state index >= 15 is 0 Å². The van der Waals surface area contributed by atoms with Gasteiger partial charge in [-0.15, -0.1) is 0 Å². The minimum atomic E-state index is -0.971. The third kappa shape index (κ3) is 1.45. The number of carboxylic acid groups (broad SMARTS) is 1. The Morgan fingerprint density at radius 3 is 2.86 bits per heavy atom. The van der Waals surface area contributed by atoms with E-state index in [0.717, 1.165) is 19.3 Å². The van der Waals surface area contributed by atoms with E-state index in [1.807, 2.05) is 0 Å². The highest BCUT2D eigenvalue weighted by Gasteiger charge is 2.22. The average Bonchev–Trinajstić information content (AvgIpc) is 2.32. The monoisotopic (exact) mass is 196 g/mol. The fraction of sp³-hybridized carbons (Fsp3) is 0.556. The molecule has 2 rings (SSSR count). The van der Waals surface area contributed by atoms with Gasteiger partial charge in [-0.2, -0.15) is 0 Å². The standard InChI is InChI=1S/C9H12N2O3/c12-8(13)4-6-5-10-11(9(6)14)7-2-1-3-7/h5,7,10H,1-4H2,(H,12,13). The van der Waals surface area contributed by atoms with Crippen molar-refractivity contribution in [3.8, 4) is 0 Å². The second-order valence-electron chi connectivity index (χ2n) is 3.63. The van der Waals surface area contributed by atoms with Crippen molar-refractivity contribution < 1.29 is 9.90 Å². The van der Waals surface area contributed by atoms with Crippen molar-refractivity contribution >= 4 is 5.97 Å². The molecule has 1 aliphatic rings. The number of nitrogens with one attached hydrogen (secondary N) is 1.